The molecule has 112 valence electrons. The molecule has 5 nitrogen and oxygen atoms in total. The molecule has 3 rings (SSSR count). The van der Waals surface area contributed by atoms with E-state index in [0.29, 0.717) is 17.8 Å². The Balaban J connectivity index is 1.74. The van der Waals surface area contributed by atoms with E-state index in [0.717, 1.165) is 16.8 Å². The van der Waals surface area contributed by atoms with Crippen LogP contribution in [0.25, 0.3) is 11.1 Å². The predicted molar refractivity (Wildman–Crippen MR) is 85.1 cm³/mol. The molecule has 0 spiro atoms. The SMILES string of the molecule is N#Cc1ccc(-c2ccc(C(O)Cc3ccccn3)nc2)cn1. The summed E-state index contributed by atoms with van der Waals surface area (Å²) in [5.74, 6) is 0. The van der Waals surface area contributed by atoms with E-state index in [1.54, 1.807) is 30.7 Å². The smallest absolute Gasteiger partial charge is 0.140 e. The number of aromatic nitrogens is 3. The van der Waals surface area contributed by atoms with Gasteiger partial charge in [0, 0.05) is 41.8 Å². The van der Waals surface area contributed by atoms with Gasteiger partial charge >= 0.3 is 0 Å². The average Bonchev–Trinajstić information content (AvgIpc) is 2.63. The van der Waals surface area contributed by atoms with E-state index in [1.165, 1.54) is 0 Å². The first kappa shape index (κ1) is 14.8. The highest BCUT2D eigenvalue weighted by molar-refractivity contribution is 5.61. The van der Waals surface area contributed by atoms with Crippen LogP contribution < -0.4 is 0 Å². The highest BCUT2D eigenvalue weighted by Crippen LogP contribution is 2.21. The molecule has 0 aliphatic rings. The monoisotopic (exact) mass is 302 g/mol. The number of hydrogen-bond donors (Lipinski definition) is 1. The van der Waals surface area contributed by atoms with Gasteiger partial charge in [-0.3, -0.25) is 9.97 Å². The van der Waals surface area contributed by atoms with Gasteiger partial charge in [-0.1, -0.05) is 12.1 Å². The van der Waals surface area contributed by atoms with Crippen molar-refractivity contribution in [1.82, 2.24) is 15.0 Å². The summed E-state index contributed by atoms with van der Waals surface area (Å²) in [6.45, 7) is 0. The van der Waals surface area contributed by atoms with Crippen LogP contribution in [-0.2, 0) is 6.42 Å². The summed E-state index contributed by atoms with van der Waals surface area (Å²) in [7, 11) is 0. The Morgan fingerprint density at radius 3 is 2.30 bits per heavy atom. The molecule has 0 aliphatic carbocycles. The van der Waals surface area contributed by atoms with Crippen molar-refractivity contribution in [2.75, 3.05) is 0 Å². The van der Waals surface area contributed by atoms with Gasteiger partial charge in [-0.15, -0.1) is 0 Å². The molecule has 0 aliphatic heterocycles. The lowest BCUT2D eigenvalue weighted by molar-refractivity contribution is 0.172. The number of pyridine rings is 3. The molecule has 0 saturated heterocycles. The summed E-state index contributed by atoms with van der Waals surface area (Å²) in [5, 5.41) is 19.0. The highest BCUT2D eigenvalue weighted by atomic mass is 16.3. The number of rotatable bonds is 4. The molecule has 0 saturated carbocycles. The van der Waals surface area contributed by atoms with E-state index in [4.69, 9.17) is 5.26 Å². The fraction of sp³-hybridized carbons (Fsp3) is 0.111. The lowest BCUT2D eigenvalue weighted by atomic mass is 10.1. The van der Waals surface area contributed by atoms with Crippen molar-refractivity contribution in [2.24, 2.45) is 0 Å². The van der Waals surface area contributed by atoms with E-state index in [9.17, 15) is 5.11 Å². The third kappa shape index (κ3) is 3.57. The summed E-state index contributed by atoms with van der Waals surface area (Å²) in [5.41, 5.74) is 3.56. The molecule has 1 unspecified atom stereocenters. The summed E-state index contributed by atoms with van der Waals surface area (Å²) < 4.78 is 0. The summed E-state index contributed by atoms with van der Waals surface area (Å²) in [6.07, 6.45) is 4.76. The first-order chi connectivity index (χ1) is 11.3. The van der Waals surface area contributed by atoms with Crippen molar-refractivity contribution in [2.45, 2.75) is 12.5 Å². The zero-order chi connectivity index (χ0) is 16.1. The third-order valence-electron chi connectivity index (χ3n) is 3.47. The van der Waals surface area contributed by atoms with Crippen molar-refractivity contribution >= 4 is 0 Å². The van der Waals surface area contributed by atoms with Crippen LogP contribution in [0.2, 0.25) is 0 Å². The third-order valence-corrected chi connectivity index (χ3v) is 3.47. The molecule has 23 heavy (non-hydrogen) atoms. The Hall–Kier alpha value is -3.10. The van der Waals surface area contributed by atoms with Gasteiger partial charge in [-0.2, -0.15) is 5.26 Å². The minimum atomic E-state index is -0.696. The molecule has 0 amide bonds. The van der Waals surface area contributed by atoms with Crippen LogP contribution in [0, 0.1) is 11.3 Å². The minimum Gasteiger partial charge on any atom is -0.386 e. The second kappa shape index (κ2) is 6.77. The topological polar surface area (TPSA) is 82.7 Å². The van der Waals surface area contributed by atoms with Gasteiger partial charge in [0.05, 0.1) is 5.69 Å². The van der Waals surface area contributed by atoms with Gasteiger partial charge in [-0.25, -0.2) is 4.98 Å². The van der Waals surface area contributed by atoms with E-state index >= 15 is 0 Å². The number of hydrogen-bond acceptors (Lipinski definition) is 5. The van der Waals surface area contributed by atoms with Gasteiger partial charge in [0.15, 0.2) is 0 Å². The van der Waals surface area contributed by atoms with Crippen LogP contribution in [0.1, 0.15) is 23.2 Å². The summed E-state index contributed by atoms with van der Waals surface area (Å²) >= 11 is 0. The molecule has 0 fully saturated rings. The zero-order valence-electron chi connectivity index (χ0n) is 12.3. The van der Waals surface area contributed by atoms with Gasteiger partial charge in [0.25, 0.3) is 0 Å². The van der Waals surface area contributed by atoms with Crippen molar-refractivity contribution in [3.8, 4) is 17.2 Å². The van der Waals surface area contributed by atoms with Crippen LogP contribution in [0.5, 0.6) is 0 Å². The Morgan fingerprint density at radius 2 is 1.74 bits per heavy atom. The van der Waals surface area contributed by atoms with Crippen molar-refractivity contribution < 1.29 is 5.11 Å². The van der Waals surface area contributed by atoms with Crippen molar-refractivity contribution in [3.05, 3.63) is 78.1 Å². The quantitative estimate of drug-likeness (QED) is 0.801. The molecule has 0 aromatic carbocycles. The molecule has 1 N–H and O–H groups in total. The number of nitrogens with zero attached hydrogens (tertiary/aromatic N) is 4. The molecule has 3 aromatic heterocycles. The minimum absolute atomic E-state index is 0.379. The van der Waals surface area contributed by atoms with Crippen LogP contribution >= 0.6 is 0 Å². The van der Waals surface area contributed by atoms with E-state index in [-0.39, 0.29) is 0 Å². The van der Waals surface area contributed by atoms with Crippen LogP contribution in [0.15, 0.2) is 61.1 Å². The van der Waals surface area contributed by atoms with E-state index < -0.39 is 6.10 Å². The van der Waals surface area contributed by atoms with E-state index in [2.05, 4.69) is 15.0 Å². The molecule has 3 heterocycles. The maximum absolute atomic E-state index is 10.3. The average molecular weight is 302 g/mol. The number of aliphatic hydroxyl groups is 1. The Labute approximate surface area is 133 Å². The molecule has 5 heteroatoms. The maximum Gasteiger partial charge on any atom is 0.140 e. The van der Waals surface area contributed by atoms with Gasteiger partial charge in [0.2, 0.25) is 0 Å². The van der Waals surface area contributed by atoms with Gasteiger partial charge in [-0.05, 0) is 30.3 Å². The van der Waals surface area contributed by atoms with Crippen LogP contribution in [-0.4, -0.2) is 20.1 Å². The van der Waals surface area contributed by atoms with Crippen LogP contribution in [0.4, 0.5) is 0 Å². The number of nitriles is 1. The molecular formula is C18H14N4O. The zero-order valence-corrected chi connectivity index (χ0v) is 12.3. The maximum atomic E-state index is 10.3. The highest BCUT2D eigenvalue weighted by Gasteiger charge is 2.11. The first-order valence-corrected chi connectivity index (χ1v) is 7.17. The Morgan fingerprint density at radius 1 is 0.957 bits per heavy atom. The predicted octanol–water partition coefficient (Wildman–Crippen LogP) is 2.69. The molecule has 0 bridgehead atoms. The Kier molecular flexibility index (Phi) is 4.37. The Bertz CT molecular complexity index is 808. The molecule has 1 atom stereocenters. The van der Waals surface area contributed by atoms with Gasteiger partial charge < -0.3 is 5.11 Å². The normalized spacial score (nSPS) is 11.7. The molecule has 3 aromatic rings. The molecule has 0 radical (unpaired) electrons. The molecular weight excluding hydrogens is 288 g/mol. The second-order valence-electron chi connectivity index (χ2n) is 5.06. The fourth-order valence-electron chi connectivity index (χ4n) is 2.23. The summed E-state index contributed by atoms with van der Waals surface area (Å²) in [4.78, 5) is 12.6. The second-order valence-corrected chi connectivity index (χ2v) is 5.06. The van der Waals surface area contributed by atoms with Crippen LogP contribution in [0.3, 0.4) is 0 Å². The first-order valence-electron chi connectivity index (χ1n) is 7.17. The summed E-state index contributed by atoms with van der Waals surface area (Å²) in [6, 6.07) is 14.8. The van der Waals surface area contributed by atoms with Crippen molar-refractivity contribution in [3.63, 3.8) is 0 Å². The van der Waals surface area contributed by atoms with Crippen molar-refractivity contribution in [1.29, 1.82) is 5.26 Å². The van der Waals surface area contributed by atoms with E-state index in [1.807, 2.05) is 36.4 Å². The van der Waals surface area contributed by atoms with Gasteiger partial charge in [0.1, 0.15) is 17.9 Å². The number of aliphatic hydroxyl groups excluding tert-OH is 1. The standard InChI is InChI=1S/C18H14N4O/c19-10-16-6-4-13(11-21-16)14-5-7-17(22-12-14)18(23)9-15-3-1-2-8-20-15/h1-8,11-12,18,23H,9H2. The lowest BCUT2D eigenvalue weighted by Gasteiger charge is -2.10. The lowest BCUT2D eigenvalue weighted by Crippen LogP contribution is -2.05. The largest absolute Gasteiger partial charge is 0.386 e. The fourth-order valence-corrected chi connectivity index (χ4v) is 2.23.